The quantitative estimate of drug-likeness (QED) is 0.419. The van der Waals surface area contributed by atoms with Crippen LogP contribution in [0, 0.1) is 0 Å². The zero-order valence-electron chi connectivity index (χ0n) is 6.97. The molecule has 0 bridgehead atoms. The number of hydrogen-bond acceptors (Lipinski definition) is 3. The minimum atomic E-state index is -1.49. The molecule has 0 aliphatic heterocycles. The molecule has 0 unspecified atom stereocenters. The minimum Gasteiger partial charge on any atom is -0.543 e. The third-order valence-electron chi connectivity index (χ3n) is 1.08. The first-order valence-electron chi connectivity index (χ1n) is 2.75. The van der Waals surface area contributed by atoms with E-state index in [0.29, 0.717) is 0 Å². The van der Waals surface area contributed by atoms with Gasteiger partial charge in [-0.2, -0.15) is 0 Å². The molecule has 0 spiro atoms. The zero-order chi connectivity index (χ0) is 9.30. The van der Waals surface area contributed by atoms with Gasteiger partial charge in [-0.05, 0) is 6.07 Å². The molecule has 1 aromatic heterocycles. The van der Waals surface area contributed by atoms with Crippen molar-refractivity contribution < 1.29 is 44.9 Å². The average molecular weight is 266 g/mol. The van der Waals surface area contributed by atoms with E-state index in [1.807, 2.05) is 0 Å². The van der Waals surface area contributed by atoms with E-state index < -0.39 is 11.7 Å². The molecule has 0 fully saturated rings. The van der Waals surface area contributed by atoms with E-state index in [0.717, 1.165) is 0 Å². The fraction of sp³-hybridized carbons (Fsp3) is 0. The number of carbonyl (C=O) groups excluding carboxylic acids is 1. The topological polar surface area (TPSA) is 84.5 Å². The van der Waals surface area contributed by atoms with Gasteiger partial charge in [0.2, 0.25) is 0 Å². The summed E-state index contributed by atoms with van der Waals surface area (Å²) in [6.07, 6.45) is 0. The standard InChI is InChI=1S/C6H2Cl3NO2.Na.H2O/c7-2-1-3(8)5(9)10-4(2)6(11)12;;/h1H,(H,11,12);;1H2/q;+1;/p-1. The molecule has 4 nitrogen and oxygen atoms in total. The van der Waals surface area contributed by atoms with Gasteiger partial charge in [-0.1, -0.05) is 34.8 Å². The molecule has 0 saturated heterocycles. The molecule has 0 amide bonds. The normalized spacial score (nSPS) is 8.50. The molecule has 72 valence electrons. The van der Waals surface area contributed by atoms with Crippen molar-refractivity contribution >= 4 is 40.8 Å². The van der Waals surface area contributed by atoms with E-state index >= 15 is 0 Å². The van der Waals surface area contributed by atoms with Crippen LogP contribution in [0.5, 0.6) is 0 Å². The molecule has 8 heteroatoms. The number of aromatic carboxylic acids is 1. The van der Waals surface area contributed by atoms with E-state index in [1.54, 1.807) is 0 Å². The van der Waals surface area contributed by atoms with E-state index in [9.17, 15) is 9.90 Å². The summed E-state index contributed by atoms with van der Waals surface area (Å²) in [5, 5.41) is 10.2. The van der Waals surface area contributed by atoms with Gasteiger partial charge in [-0.15, -0.1) is 0 Å². The van der Waals surface area contributed by atoms with Crippen LogP contribution in [0.2, 0.25) is 15.2 Å². The monoisotopic (exact) mass is 265 g/mol. The predicted octanol–water partition coefficient (Wildman–Crippen LogP) is -2.42. The molecular weight excluding hydrogens is 263 g/mol. The van der Waals surface area contributed by atoms with Crippen molar-refractivity contribution in [3.8, 4) is 0 Å². The second-order valence-corrected chi connectivity index (χ2v) is 3.05. The Labute approximate surface area is 117 Å². The number of rotatable bonds is 1. The maximum absolute atomic E-state index is 10.3. The zero-order valence-corrected chi connectivity index (χ0v) is 11.2. The predicted molar refractivity (Wildman–Crippen MR) is 47.2 cm³/mol. The number of pyridine rings is 1. The Hall–Kier alpha value is 0.450. The Morgan fingerprint density at radius 3 is 2.21 bits per heavy atom. The van der Waals surface area contributed by atoms with Gasteiger partial charge in [0.1, 0.15) is 10.8 Å². The molecule has 1 rings (SSSR count). The Bertz CT molecular complexity index is 347. The van der Waals surface area contributed by atoms with Crippen LogP contribution in [0.4, 0.5) is 0 Å². The van der Waals surface area contributed by atoms with Crippen molar-refractivity contribution in [2.75, 3.05) is 0 Å². The second kappa shape index (κ2) is 6.85. The smallest absolute Gasteiger partial charge is 0.543 e. The molecule has 0 aromatic carbocycles. The van der Waals surface area contributed by atoms with Crippen molar-refractivity contribution in [2.45, 2.75) is 0 Å². The van der Waals surface area contributed by atoms with Gasteiger partial charge in [0, 0.05) is 0 Å². The van der Waals surface area contributed by atoms with E-state index in [4.69, 9.17) is 34.8 Å². The summed E-state index contributed by atoms with van der Waals surface area (Å²) in [6, 6.07) is 1.20. The molecule has 0 aliphatic carbocycles. The van der Waals surface area contributed by atoms with Crippen LogP contribution >= 0.6 is 34.8 Å². The van der Waals surface area contributed by atoms with Crippen LogP contribution in [0.15, 0.2) is 6.07 Å². The summed E-state index contributed by atoms with van der Waals surface area (Å²) in [5.74, 6) is -1.49. The Kier molecular flexibility index (Phi) is 8.25. The number of hydrogen-bond donors (Lipinski definition) is 0. The summed E-state index contributed by atoms with van der Waals surface area (Å²) >= 11 is 16.4. The number of halogens is 3. The molecular formula is C6H3Cl3NNaO3. The maximum atomic E-state index is 10.3. The first-order chi connectivity index (χ1) is 5.52. The van der Waals surface area contributed by atoms with Gasteiger partial charge in [-0.25, -0.2) is 4.98 Å². The van der Waals surface area contributed by atoms with Crippen molar-refractivity contribution in [3.63, 3.8) is 0 Å². The second-order valence-electron chi connectivity index (χ2n) is 1.88. The molecule has 1 heterocycles. The van der Waals surface area contributed by atoms with Gasteiger partial charge in [0.15, 0.2) is 0 Å². The summed E-state index contributed by atoms with van der Waals surface area (Å²) in [5.41, 5.74) is -0.411. The first kappa shape index (κ1) is 16.9. The largest absolute Gasteiger partial charge is 1.00 e. The van der Waals surface area contributed by atoms with Crippen molar-refractivity contribution in [1.29, 1.82) is 0 Å². The SMILES string of the molecule is O.O=C([O-])c1nc(Cl)c(Cl)cc1Cl.[Na+]. The molecule has 0 atom stereocenters. The summed E-state index contributed by atoms with van der Waals surface area (Å²) in [6.45, 7) is 0. The van der Waals surface area contributed by atoms with Crippen molar-refractivity contribution in [3.05, 3.63) is 27.0 Å². The summed E-state index contributed by atoms with van der Waals surface area (Å²) in [4.78, 5) is 13.7. The maximum Gasteiger partial charge on any atom is 1.00 e. The summed E-state index contributed by atoms with van der Waals surface area (Å²) in [7, 11) is 0. The molecule has 2 N–H and O–H groups in total. The Morgan fingerprint density at radius 1 is 1.29 bits per heavy atom. The fourth-order valence-corrected chi connectivity index (χ4v) is 1.16. The summed E-state index contributed by atoms with van der Waals surface area (Å²) < 4.78 is 0. The molecule has 14 heavy (non-hydrogen) atoms. The van der Waals surface area contributed by atoms with Crippen LogP contribution in [0.1, 0.15) is 10.5 Å². The minimum absolute atomic E-state index is 0. The van der Waals surface area contributed by atoms with Crippen LogP contribution in [0.25, 0.3) is 0 Å². The van der Waals surface area contributed by atoms with E-state index in [-0.39, 0.29) is 50.2 Å². The number of carboxylic acids is 1. The number of carboxylic acid groups (broad SMARTS) is 1. The Balaban J connectivity index is 0. The number of aromatic nitrogens is 1. The van der Waals surface area contributed by atoms with E-state index in [1.165, 1.54) is 6.07 Å². The molecule has 0 radical (unpaired) electrons. The van der Waals surface area contributed by atoms with E-state index in [2.05, 4.69) is 4.98 Å². The van der Waals surface area contributed by atoms with Gasteiger partial charge in [-0.3, -0.25) is 0 Å². The first-order valence-corrected chi connectivity index (χ1v) is 3.88. The molecule has 0 aliphatic rings. The third-order valence-corrected chi connectivity index (χ3v) is 2.04. The van der Waals surface area contributed by atoms with Gasteiger partial charge in [0.25, 0.3) is 0 Å². The number of carbonyl (C=O) groups is 1. The van der Waals surface area contributed by atoms with Gasteiger partial charge in [0.05, 0.1) is 16.0 Å². The molecule has 0 saturated carbocycles. The third kappa shape index (κ3) is 3.90. The van der Waals surface area contributed by atoms with Crippen LogP contribution in [-0.2, 0) is 0 Å². The molecule has 1 aromatic rings. The Morgan fingerprint density at radius 2 is 1.79 bits per heavy atom. The van der Waals surface area contributed by atoms with Crippen molar-refractivity contribution in [1.82, 2.24) is 4.98 Å². The van der Waals surface area contributed by atoms with Crippen LogP contribution in [-0.4, -0.2) is 16.4 Å². The fourth-order valence-electron chi connectivity index (χ4n) is 0.587. The van der Waals surface area contributed by atoms with Crippen LogP contribution < -0.4 is 34.7 Å². The van der Waals surface area contributed by atoms with Gasteiger partial charge >= 0.3 is 29.6 Å². The van der Waals surface area contributed by atoms with Crippen molar-refractivity contribution in [2.24, 2.45) is 0 Å². The number of nitrogens with zero attached hydrogens (tertiary/aromatic N) is 1. The average Bonchev–Trinajstić information content (AvgIpc) is 1.96. The van der Waals surface area contributed by atoms with Crippen LogP contribution in [0.3, 0.4) is 0 Å². The van der Waals surface area contributed by atoms with Gasteiger partial charge < -0.3 is 15.4 Å².